The van der Waals surface area contributed by atoms with E-state index in [-0.39, 0.29) is 17.8 Å². The molecule has 6 nitrogen and oxygen atoms in total. The third kappa shape index (κ3) is 3.56. The largest absolute Gasteiger partial charge is 0.469 e. The summed E-state index contributed by atoms with van der Waals surface area (Å²) in [6, 6.07) is 1.76. The summed E-state index contributed by atoms with van der Waals surface area (Å²) in [7, 11) is 3.01. The number of amides is 1. The van der Waals surface area contributed by atoms with Gasteiger partial charge in [-0.1, -0.05) is 6.92 Å². The molecule has 6 heteroatoms. The fourth-order valence-electron chi connectivity index (χ4n) is 1.92. The molecule has 0 fully saturated rings. The Labute approximate surface area is 113 Å². The first-order valence-electron chi connectivity index (χ1n) is 6.28. The second-order valence-corrected chi connectivity index (χ2v) is 4.60. The first kappa shape index (κ1) is 15.2. The van der Waals surface area contributed by atoms with Gasteiger partial charge in [0.05, 0.1) is 18.7 Å². The zero-order valence-electron chi connectivity index (χ0n) is 12.1. The van der Waals surface area contributed by atoms with Crippen molar-refractivity contribution in [2.75, 3.05) is 20.7 Å². The van der Waals surface area contributed by atoms with Gasteiger partial charge in [0.1, 0.15) is 5.69 Å². The van der Waals surface area contributed by atoms with Crippen molar-refractivity contribution in [1.29, 1.82) is 0 Å². The third-order valence-corrected chi connectivity index (χ3v) is 2.92. The molecular formula is C13H21N3O3. The van der Waals surface area contributed by atoms with Crippen molar-refractivity contribution in [1.82, 2.24) is 14.7 Å². The molecule has 0 saturated heterocycles. The fraction of sp³-hybridized carbons (Fsp3) is 0.615. The van der Waals surface area contributed by atoms with Gasteiger partial charge in [0.15, 0.2) is 0 Å². The van der Waals surface area contributed by atoms with E-state index in [0.717, 1.165) is 5.69 Å². The molecule has 0 aromatic carbocycles. The van der Waals surface area contributed by atoms with Gasteiger partial charge in [0, 0.05) is 20.1 Å². The Hall–Kier alpha value is -1.85. The number of esters is 1. The minimum atomic E-state index is -0.349. The Morgan fingerprint density at radius 1 is 1.53 bits per heavy atom. The summed E-state index contributed by atoms with van der Waals surface area (Å²) in [5.74, 6) is -0.809. The molecule has 1 rings (SSSR count). The molecule has 19 heavy (non-hydrogen) atoms. The van der Waals surface area contributed by atoms with E-state index in [2.05, 4.69) is 9.84 Å². The second kappa shape index (κ2) is 6.36. The van der Waals surface area contributed by atoms with E-state index in [1.807, 2.05) is 13.8 Å². The number of aromatic nitrogens is 2. The summed E-state index contributed by atoms with van der Waals surface area (Å²) in [6.07, 6.45) is 0. The van der Waals surface area contributed by atoms with Crippen LogP contribution in [0.1, 0.15) is 30.0 Å². The number of rotatable bonds is 5. The molecule has 1 atom stereocenters. The molecule has 1 aromatic heterocycles. The first-order chi connectivity index (χ1) is 8.90. The summed E-state index contributed by atoms with van der Waals surface area (Å²) in [5, 5.41) is 4.24. The van der Waals surface area contributed by atoms with Gasteiger partial charge in [-0.25, -0.2) is 0 Å². The van der Waals surface area contributed by atoms with Gasteiger partial charge in [-0.3, -0.25) is 14.3 Å². The van der Waals surface area contributed by atoms with Crippen molar-refractivity contribution >= 4 is 11.9 Å². The number of carbonyl (C=O) groups excluding carboxylic acids is 2. The average molecular weight is 267 g/mol. The standard InChI is InChI=1S/C13H21N3O3/c1-6-16-11(7-10(3)14-16)12(17)15(4)8-9(2)13(18)19-5/h7,9H,6,8H2,1-5H3. The number of nitrogens with zero attached hydrogens (tertiary/aromatic N) is 3. The number of ether oxygens (including phenoxy) is 1. The molecule has 0 spiro atoms. The van der Waals surface area contributed by atoms with E-state index in [1.54, 1.807) is 24.7 Å². The van der Waals surface area contributed by atoms with Gasteiger partial charge in [-0.15, -0.1) is 0 Å². The van der Waals surface area contributed by atoms with E-state index in [9.17, 15) is 9.59 Å². The van der Waals surface area contributed by atoms with E-state index in [0.29, 0.717) is 18.8 Å². The van der Waals surface area contributed by atoms with Crippen LogP contribution in [-0.2, 0) is 16.1 Å². The summed E-state index contributed by atoms with van der Waals surface area (Å²) in [5.41, 5.74) is 1.35. The molecule has 0 aliphatic rings. The minimum Gasteiger partial charge on any atom is -0.469 e. The van der Waals surface area contributed by atoms with Crippen molar-refractivity contribution in [2.24, 2.45) is 5.92 Å². The van der Waals surface area contributed by atoms with Crippen LogP contribution in [0, 0.1) is 12.8 Å². The number of hydrogen-bond acceptors (Lipinski definition) is 4. The molecule has 0 bridgehead atoms. The summed E-state index contributed by atoms with van der Waals surface area (Å²) in [6.45, 7) is 6.47. The number of aryl methyl sites for hydroxylation is 2. The SMILES string of the molecule is CCn1nc(C)cc1C(=O)N(C)CC(C)C(=O)OC. The predicted molar refractivity (Wildman–Crippen MR) is 70.8 cm³/mol. The van der Waals surface area contributed by atoms with Gasteiger partial charge >= 0.3 is 5.97 Å². The van der Waals surface area contributed by atoms with Gasteiger partial charge in [0.25, 0.3) is 5.91 Å². The van der Waals surface area contributed by atoms with E-state index in [4.69, 9.17) is 0 Å². The normalized spacial score (nSPS) is 12.1. The van der Waals surface area contributed by atoms with Crippen LogP contribution >= 0.6 is 0 Å². The summed E-state index contributed by atoms with van der Waals surface area (Å²) >= 11 is 0. The lowest BCUT2D eigenvalue weighted by Gasteiger charge is -2.20. The Balaban J connectivity index is 2.79. The Kier molecular flexibility index (Phi) is 5.09. The van der Waals surface area contributed by atoms with Crippen LogP contribution in [0.25, 0.3) is 0 Å². The lowest BCUT2D eigenvalue weighted by Crippen LogP contribution is -2.35. The molecule has 0 aliphatic carbocycles. The molecule has 1 unspecified atom stereocenters. The Bertz CT molecular complexity index is 468. The molecule has 106 valence electrons. The Morgan fingerprint density at radius 3 is 2.68 bits per heavy atom. The maximum atomic E-state index is 12.3. The highest BCUT2D eigenvalue weighted by molar-refractivity contribution is 5.92. The van der Waals surface area contributed by atoms with E-state index >= 15 is 0 Å². The van der Waals surface area contributed by atoms with Gasteiger partial charge in [-0.05, 0) is 19.9 Å². The van der Waals surface area contributed by atoms with Crippen LogP contribution in [0.5, 0.6) is 0 Å². The molecule has 0 N–H and O–H groups in total. The molecule has 1 heterocycles. The molecular weight excluding hydrogens is 246 g/mol. The second-order valence-electron chi connectivity index (χ2n) is 4.60. The monoisotopic (exact) mass is 267 g/mol. The molecule has 0 saturated carbocycles. The lowest BCUT2D eigenvalue weighted by molar-refractivity contribution is -0.145. The quantitative estimate of drug-likeness (QED) is 0.749. The fourth-order valence-corrected chi connectivity index (χ4v) is 1.92. The van der Waals surface area contributed by atoms with E-state index in [1.165, 1.54) is 12.0 Å². The molecule has 0 aliphatic heterocycles. The summed E-state index contributed by atoms with van der Waals surface area (Å²) in [4.78, 5) is 25.2. The van der Waals surface area contributed by atoms with Crippen LogP contribution in [-0.4, -0.2) is 47.3 Å². The minimum absolute atomic E-state index is 0.141. The average Bonchev–Trinajstić information content (AvgIpc) is 2.77. The van der Waals surface area contributed by atoms with Crippen molar-refractivity contribution in [3.05, 3.63) is 17.5 Å². The van der Waals surface area contributed by atoms with Crippen LogP contribution in [0.15, 0.2) is 6.07 Å². The topological polar surface area (TPSA) is 64.4 Å². The van der Waals surface area contributed by atoms with Gasteiger partial charge in [-0.2, -0.15) is 5.10 Å². The van der Waals surface area contributed by atoms with Crippen molar-refractivity contribution in [2.45, 2.75) is 27.3 Å². The van der Waals surface area contributed by atoms with Gasteiger partial charge < -0.3 is 9.64 Å². The van der Waals surface area contributed by atoms with Crippen molar-refractivity contribution < 1.29 is 14.3 Å². The van der Waals surface area contributed by atoms with Crippen LogP contribution in [0.2, 0.25) is 0 Å². The number of carbonyl (C=O) groups is 2. The maximum Gasteiger partial charge on any atom is 0.310 e. The molecule has 0 radical (unpaired) electrons. The Morgan fingerprint density at radius 2 is 2.16 bits per heavy atom. The number of methoxy groups -OCH3 is 1. The number of hydrogen-bond donors (Lipinski definition) is 0. The van der Waals surface area contributed by atoms with Crippen LogP contribution in [0.3, 0.4) is 0 Å². The summed E-state index contributed by atoms with van der Waals surface area (Å²) < 4.78 is 6.32. The molecule has 1 aromatic rings. The highest BCUT2D eigenvalue weighted by atomic mass is 16.5. The van der Waals surface area contributed by atoms with Crippen LogP contribution in [0.4, 0.5) is 0 Å². The predicted octanol–water partition coefficient (Wildman–Crippen LogP) is 1.09. The van der Waals surface area contributed by atoms with Gasteiger partial charge in [0.2, 0.25) is 0 Å². The first-order valence-corrected chi connectivity index (χ1v) is 6.28. The zero-order valence-corrected chi connectivity index (χ0v) is 12.1. The van der Waals surface area contributed by atoms with E-state index < -0.39 is 0 Å². The van der Waals surface area contributed by atoms with Crippen molar-refractivity contribution in [3.63, 3.8) is 0 Å². The lowest BCUT2D eigenvalue weighted by atomic mass is 10.1. The van der Waals surface area contributed by atoms with Crippen molar-refractivity contribution in [3.8, 4) is 0 Å². The zero-order chi connectivity index (χ0) is 14.6. The third-order valence-electron chi connectivity index (χ3n) is 2.92. The molecule has 1 amide bonds. The smallest absolute Gasteiger partial charge is 0.310 e. The van der Waals surface area contributed by atoms with Crippen LogP contribution < -0.4 is 0 Å². The highest BCUT2D eigenvalue weighted by Crippen LogP contribution is 2.09. The highest BCUT2D eigenvalue weighted by Gasteiger charge is 2.22. The maximum absolute atomic E-state index is 12.3.